The number of aryl methyl sites for hydroxylation is 1. The summed E-state index contributed by atoms with van der Waals surface area (Å²) >= 11 is 7.00. The Morgan fingerprint density at radius 1 is 1.48 bits per heavy atom. The van der Waals surface area contributed by atoms with E-state index in [0.29, 0.717) is 21.3 Å². The van der Waals surface area contributed by atoms with Gasteiger partial charge in [-0.1, -0.05) is 23.4 Å². The Bertz CT molecular complexity index is 819. The second-order valence-electron chi connectivity index (χ2n) is 4.00. The number of nitrogens with one attached hydrogen (secondary N) is 1. The number of aromatic nitrogens is 1. The quantitative estimate of drug-likeness (QED) is 0.838. The van der Waals surface area contributed by atoms with E-state index >= 15 is 0 Å². The number of nitrogens with zero attached hydrogens (tertiary/aromatic N) is 1. The highest BCUT2D eigenvalue weighted by Crippen LogP contribution is 2.25. The number of benzene rings is 1. The van der Waals surface area contributed by atoms with Crippen molar-refractivity contribution in [3.05, 3.63) is 40.0 Å². The van der Waals surface area contributed by atoms with E-state index in [9.17, 15) is 8.42 Å². The van der Waals surface area contributed by atoms with E-state index in [0.717, 1.165) is 11.3 Å². The first-order valence-corrected chi connectivity index (χ1v) is 8.54. The van der Waals surface area contributed by atoms with Crippen molar-refractivity contribution in [2.45, 2.75) is 11.1 Å². The maximum atomic E-state index is 12.3. The van der Waals surface area contributed by atoms with Gasteiger partial charge in [0.15, 0.2) is 4.21 Å². The van der Waals surface area contributed by atoms with Gasteiger partial charge in [-0.25, -0.2) is 13.4 Å². The van der Waals surface area contributed by atoms with Crippen LogP contribution >= 0.6 is 22.9 Å². The average Bonchev–Trinajstić information content (AvgIpc) is 2.86. The minimum atomic E-state index is -3.69. The molecule has 1 aromatic heterocycles. The predicted molar refractivity (Wildman–Crippen MR) is 85.0 cm³/mol. The van der Waals surface area contributed by atoms with Crippen molar-refractivity contribution in [2.24, 2.45) is 5.73 Å². The topological polar surface area (TPSA) is 85.1 Å². The summed E-state index contributed by atoms with van der Waals surface area (Å²) < 4.78 is 27.2. The third-order valence-electron chi connectivity index (χ3n) is 2.42. The van der Waals surface area contributed by atoms with Gasteiger partial charge in [-0.3, -0.25) is 4.72 Å². The van der Waals surface area contributed by atoms with Crippen LogP contribution in [0.5, 0.6) is 0 Å². The maximum absolute atomic E-state index is 12.3. The van der Waals surface area contributed by atoms with Crippen LogP contribution in [0, 0.1) is 18.8 Å². The standard InChI is InChI=1S/C13H12ClN3O2S2/c1-9-16-8-13(20-9)21(18,19)17-12-5-4-11(14)7-10(12)3-2-6-15/h4-5,7-8,17H,6,15H2,1H3. The summed E-state index contributed by atoms with van der Waals surface area (Å²) in [5.41, 5.74) is 6.16. The van der Waals surface area contributed by atoms with Gasteiger partial charge in [-0.15, -0.1) is 11.3 Å². The van der Waals surface area contributed by atoms with E-state index in [1.54, 1.807) is 25.1 Å². The van der Waals surface area contributed by atoms with Crippen LogP contribution in [-0.2, 0) is 10.0 Å². The number of hydrogen-bond acceptors (Lipinski definition) is 5. The van der Waals surface area contributed by atoms with Crippen LogP contribution in [0.3, 0.4) is 0 Å². The van der Waals surface area contributed by atoms with Gasteiger partial charge < -0.3 is 5.73 Å². The van der Waals surface area contributed by atoms with Crippen molar-refractivity contribution in [3.8, 4) is 11.8 Å². The smallest absolute Gasteiger partial charge is 0.273 e. The summed E-state index contributed by atoms with van der Waals surface area (Å²) in [5.74, 6) is 5.47. The van der Waals surface area contributed by atoms with Crippen molar-refractivity contribution in [1.29, 1.82) is 0 Å². The minimum absolute atomic E-state index is 0.146. The molecular weight excluding hydrogens is 330 g/mol. The van der Waals surface area contributed by atoms with Crippen molar-refractivity contribution < 1.29 is 8.42 Å². The molecule has 0 radical (unpaired) electrons. The molecule has 2 rings (SSSR count). The van der Waals surface area contributed by atoms with Crippen LogP contribution in [0.4, 0.5) is 5.69 Å². The van der Waals surface area contributed by atoms with E-state index in [4.69, 9.17) is 17.3 Å². The minimum Gasteiger partial charge on any atom is -0.320 e. The molecular formula is C13H12ClN3O2S2. The summed E-state index contributed by atoms with van der Waals surface area (Å²) in [7, 11) is -3.69. The number of sulfonamides is 1. The van der Waals surface area contributed by atoms with Crippen LogP contribution in [0.15, 0.2) is 28.6 Å². The first-order chi connectivity index (χ1) is 9.92. The lowest BCUT2D eigenvalue weighted by Gasteiger charge is -2.08. The van der Waals surface area contributed by atoms with Gasteiger partial charge in [-0.2, -0.15) is 0 Å². The zero-order valence-corrected chi connectivity index (χ0v) is 13.4. The fourth-order valence-electron chi connectivity index (χ4n) is 1.52. The zero-order valence-electron chi connectivity index (χ0n) is 11.1. The Labute approximate surface area is 132 Å². The summed E-state index contributed by atoms with van der Waals surface area (Å²) in [4.78, 5) is 3.94. The summed E-state index contributed by atoms with van der Waals surface area (Å²) in [6.07, 6.45) is 1.32. The summed E-state index contributed by atoms with van der Waals surface area (Å²) in [6.45, 7) is 1.91. The highest BCUT2D eigenvalue weighted by atomic mass is 35.5. The molecule has 2 aromatic rings. The number of thiazole rings is 1. The lowest BCUT2D eigenvalue weighted by molar-refractivity contribution is 0.603. The Hall–Kier alpha value is -1.59. The number of hydrogen-bond donors (Lipinski definition) is 2. The first kappa shape index (κ1) is 15.8. The van der Waals surface area contributed by atoms with Crippen molar-refractivity contribution in [3.63, 3.8) is 0 Å². The number of anilines is 1. The van der Waals surface area contributed by atoms with Gasteiger partial charge in [0, 0.05) is 5.02 Å². The highest BCUT2D eigenvalue weighted by Gasteiger charge is 2.18. The van der Waals surface area contributed by atoms with Gasteiger partial charge in [0.1, 0.15) is 0 Å². The molecule has 0 fully saturated rings. The van der Waals surface area contributed by atoms with E-state index in [1.807, 2.05) is 0 Å². The maximum Gasteiger partial charge on any atom is 0.273 e. The fourth-order valence-corrected chi connectivity index (χ4v) is 3.88. The van der Waals surface area contributed by atoms with Gasteiger partial charge in [0.05, 0.1) is 29.0 Å². The molecule has 3 N–H and O–H groups in total. The first-order valence-electron chi connectivity index (χ1n) is 5.86. The number of rotatable bonds is 3. The second-order valence-corrected chi connectivity index (χ2v) is 7.58. The third-order valence-corrected chi connectivity index (χ3v) is 5.39. The Kier molecular flexibility index (Phi) is 4.85. The molecule has 0 saturated heterocycles. The SMILES string of the molecule is Cc1ncc(S(=O)(=O)Nc2ccc(Cl)cc2C#CCN)s1. The van der Waals surface area contributed by atoms with Gasteiger partial charge in [0.25, 0.3) is 10.0 Å². The van der Waals surface area contributed by atoms with Gasteiger partial charge in [-0.05, 0) is 25.1 Å². The molecule has 21 heavy (non-hydrogen) atoms. The average molecular weight is 342 g/mol. The van der Waals surface area contributed by atoms with Crippen molar-refractivity contribution >= 4 is 38.6 Å². The van der Waals surface area contributed by atoms with E-state index < -0.39 is 10.0 Å². The summed E-state index contributed by atoms with van der Waals surface area (Å²) in [5, 5.41) is 1.14. The molecule has 0 aliphatic heterocycles. The molecule has 5 nitrogen and oxygen atoms in total. The van der Waals surface area contributed by atoms with Gasteiger partial charge >= 0.3 is 0 Å². The van der Waals surface area contributed by atoms with Crippen LogP contribution in [0.1, 0.15) is 10.6 Å². The normalized spacial score (nSPS) is 10.8. The predicted octanol–water partition coefficient (Wildman–Crippen LogP) is 2.22. The molecule has 1 heterocycles. The zero-order chi connectivity index (χ0) is 15.5. The molecule has 0 aliphatic rings. The molecule has 0 aliphatic carbocycles. The highest BCUT2D eigenvalue weighted by molar-refractivity contribution is 7.94. The van der Waals surface area contributed by atoms with Crippen LogP contribution in [0.2, 0.25) is 5.02 Å². The van der Waals surface area contributed by atoms with E-state index in [2.05, 4.69) is 21.5 Å². The number of nitrogens with two attached hydrogens (primary N) is 1. The Balaban J connectivity index is 2.39. The van der Waals surface area contributed by atoms with Crippen LogP contribution < -0.4 is 10.5 Å². The molecule has 1 aromatic carbocycles. The van der Waals surface area contributed by atoms with E-state index in [1.165, 1.54) is 6.20 Å². The van der Waals surface area contributed by atoms with Crippen LogP contribution in [-0.4, -0.2) is 19.9 Å². The third kappa shape index (κ3) is 3.95. The molecule has 0 saturated carbocycles. The summed E-state index contributed by atoms with van der Waals surface area (Å²) in [6, 6.07) is 4.74. The Morgan fingerprint density at radius 2 is 2.24 bits per heavy atom. The lowest BCUT2D eigenvalue weighted by atomic mass is 10.2. The molecule has 0 atom stereocenters. The number of halogens is 1. The second kappa shape index (κ2) is 6.45. The van der Waals surface area contributed by atoms with Crippen molar-refractivity contribution in [1.82, 2.24) is 4.98 Å². The fraction of sp³-hybridized carbons (Fsp3) is 0.154. The Morgan fingerprint density at radius 3 is 2.86 bits per heavy atom. The molecule has 0 spiro atoms. The van der Waals surface area contributed by atoms with Crippen LogP contribution in [0.25, 0.3) is 0 Å². The molecule has 8 heteroatoms. The molecule has 110 valence electrons. The largest absolute Gasteiger partial charge is 0.320 e. The molecule has 0 bridgehead atoms. The molecule has 0 unspecified atom stereocenters. The monoisotopic (exact) mass is 341 g/mol. The van der Waals surface area contributed by atoms with E-state index in [-0.39, 0.29) is 10.8 Å². The molecule has 0 amide bonds. The lowest BCUT2D eigenvalue weighted by Crippen LogP contribution is -2.12. The van der Waals surface area contributed by atoms with Gasteiger partial charge in [0.2, 0.25) is 0 Å². The van der Waals surface area contributed by atoms with Crippen molar-refractivity contribution in [2.75, 3.05) is 11.3 Å².